The molecule has 0 radical (unpaired) electrons. The van der Waals surface area contributed by atoms with E-state index in [1.807, 2.05) is 73.4 Å². The lowest BCUT2D eigenvalue weighted by Gasteiger charge is -2.19. The highest BCUT2D eigenvalue weighted by molar-refractivity contribution is 7.60. The standard InChI is InChI=1S/C14H15NO3P/c1-15(2)19(16-12-8-4-3-5-9-12)17-13-10-6-7-11-14(13)18-19/h3-11H,1-2H3/q+1. The van der Waals surface area contributed by atoms with Crippen LogP contribution in [0, 0.1) is 0 Å². The Kier molecular flexibility index (Phi) is 3.05. The van der Waals surface area contributed by atoms with Gasteiger partial charge in [-0.1, -0.05) is 35.0 Å². The highest BCUT2D eigenvalue weighted by Gasteiger charge is 2.59. The fraction of sp³-hybridized carbons (Fsp3) is 0.143. The van der Waals surface area contributed by atoms with Gasteiger partial charge in [0.1, 0.15) is 0 Å². The molecule has 0 unspecified atom stereocenters. The Hall–Kier alpha value is -1.77. The maximum absolute atomic E-state index is 6.00. The van der Waals surface area contributed by atoms with Crippen molar-refractivity contribution in [3.05, 3.63) is 54.6 Å². The van der Waals surface area contributed by atoms with E-state index in [0.717, 1.165) is 17.2 Å². The summed E-state index contributed by atoms with van der Waals surface area (Å²) in [6.07, 6.45) is 0. The molecule has 0 spiro atoms. The summed E-state index contributed by atoms with van der Waals surface area (Å²) >= 11 is 0. The number of hydrogen-bond donors (Lipinski definition) is 0. The lowest BCUT2D eigenvalue weighted by Crippen LogP contribution is -2.24. The number of para-hydroxylation sites is 3. The Balaban J connectivity index is 1.91. The molecular weight excluding hydrogens is 261 g/mol. The third kappa shape index (κ3) is 2.25. The van der Waals surface area contributed by atoms with E-state index < -0.39 is 8.09 Å². The van der Waals surface area contributed by atoms with Gasteiger partial charge in [0.2, 0.25) is 11.5 Å². The van der Waals surface area contributed by atoms with Crippen molar-refractivity contribution in [1.82, 2.24) is 4.67 Å². The number of rotatable bonds is 3. The second kappa shape index (κ2) is 4.72. The molecule has 0 aromatic heterocycles. The third-order valence-electron chi connectivity index (χ3n) is 2.73. The maximum Gasteiger partial charge on any atom is 0.641 e. The SMILES string of the molecule is CN(C)[P+]1(Oc2ccccc2)Oc2ccccc2O1. The Morgan fingerprint density at radius 3 is 1.89 bits per heavy atom. The number of hydrogen-bond acceptors (Lipinski definition) is 4. The maximum atomic E-state index is 6.00. The Labute approximate surface area is 113 Å². The first-order valence-corrected chi connectivity index (χ1v) is 7.49. The summed E-state index contributed by atoms with van der Waals surface area (Å²) in [5, 5.41) is 0. The van der Waals surface area contributed by atoms with Crippen LogP contribution in [0.5, 0.6) is 17.2 Å². The van der Waals surface area contributed by atoms with Crippen LogP contribution in [0.3, 0.4) is 0 Å². The molecule has 0 atom stereocenters. The summed E-state index contributed by atoms with van der Waals surface area (Å²) in [6, 6.07) is 17.2. The molecule has 0 saturated heterocycles. The smallest absolute Gasteiger partial charge is 0.257 e. The molecule has 0 fully saturated rings. The Bertz CT molecular complexity index is 549. The van der Waals surface area contributed by atoms with Crippen LogP contribution in [0.15, 0.2) is 54.6 Å². The molecule has 0 amide bonds. The van der Waals surface area contributed by atoms with Gasteiger partial charge in [-0.15, -0.1) is 0 Å². The van der Waals surface area contributed by atoms with Crippen molar-refractivity contribution in [3.8, 4) is 17.2 Å². The number of benzene rings is 2. The van der Waals surface area contributed by atoms with Gasteiger partial charge in [-0.25, -0.2) is 0 Å². The molecule has 1 heterocycles. The van der Waals surface area contributed by atoms with E-state index in [4.69, 9.17) is 13.6 Å². The predicted molar refractivity (Wildman–Crippen MR) is 75.4 cm³/mol. The lowest BCUT2D eigenvalue weighted by molar-refractivity contribution is 0.326. The minimum Gasteiger partial charge on any atom is -0.257 e. The molecule has 19 heavy (non-hydrogen) atoms. The average Bonchev–Trinajstić information content (AvgIpc) is 2.79. The zero-order valence-electron chi connectivity index (χ0n) is 10.8. The van der Waals surface area contributed by atoms with Gasteiger partial charge in [-0.05, 0) is 24.3 Å². The highest BCUT2D eigenvalue weighted by atomic mass is 31.2. The quantitative estimate of drug-likeness (QED) is 0.798. The molecule has 2 aromatic carbocycles. The molecule has 4 nitrogen and oxygen atoms in total. The molecule has 0 N–H and O–H groups in total. The van der Waals surface area contributed by atoms with Crippen LogP contribution in [-0.2, 0) is 0 Å². The number of nitrogens with zero attached hydrogens (tertiary/aromatic N) is 1. The molecule has 98 valence electrons. The van der Waals surface area contributed by atoms with Crippen molar-refractivity contribution < 1.29 is 13.6 Å². The molecule has 0 aliphatic carbocycles. The largest absolute Gasteiger partial charge is 0.641 e. The fourth-order valence-corrected chi connectivity index (χ4v) is 3.55. The van der Waals surface area contributed by atoms with Crippen molar-refractivity contribution in [3.63, 3.8) is 0 Å². The summed E-state index contributed by atoms with van der Waals surface area (Å²) in [5.41, 5.74) is 0. The Morgan fingerprint density at radius 2 is 1.37 bits per heavy atom. The van der Waals surface area contributed by atoms with E-state index in [2.05, 4.69) is 0 Å². The van der Waals surface area contributed by atoms with Crippen molar-refractivity contribution >= 4 is 8.09 Å². The lowest BCUT2D eigenvalue weighted by atomic mass is 10.3. The third-order valence-corrected chi connectivity index (χ3v) is 5.01. The topological polar surface area (TPSA) is 30.9 Å². The summed E-state index contributed by atoms with van der Waals surface area (Å²) in [7, 11) is 1.19. The van der Waals surface area contributed by atoms with Gasteiger partial charge in [-0.2, -0.15) is 0 Å². The van der Waals surface area contributed by atoms with Gasteiger partial charge >= 0.3 is 8.09 Å². The van der Waals surface area contributed by atoms with Crippen molar-refractivity contribution in [2.75, 3.05) is 14.1 Å². The Morgan fingerprint density at radius 1 is 0.842 bits per heavy atom. The summed E-state index contributed by atoms with van der Waals surface area (Å²) < 4.78 is 19.8. The predicted octanol–water partition coefficient (Wildman–Crippen LogP) is 3.78. The van der Waals surface area contributed by atoms with E-state index in [1.165, 1.54) is 0 Å². The summed E-state index contributed by atoms with van der Waals surface area (Å²) in [5.74, 6) is 2.18. The first-order valence-electron chi connectivity index (χ1n) is 5.99. The van der Waals surface area contributed by atoms with Crippen LogP contribution < -0.4 is 13.6 Å². The van der Waals surface area contributed by atoms with Crippen LogP contribution >= 0.6 is 8.09 Å². The van der Waals surface area contributed by atoms with E-state index in [0.29, 0.717) is 0 Å². The van der Waals surface area contributed by atoms with Crippen LogP contribution in [-0.4, -0.2) is 18.8 Å². The van der Waals surface area contributed by atoms with Gasteiger partial charge in [0, 0.05) is 14.1 Å². The summed E-state index contributed by atoms with van der Waals surface area (Å²) in [4.78, 5) is 0. The first-order chi connectivity index (χ1) is 9.20. The molecule has 0 saturated carbocycles. The van der Waals surface area contributed by atoms with Crippen molar-refractivity contribution in [2.24, 2.45) is 0 Å². The van der Waals surface area contributed by atoms with Crippen LogP contribution in [0.1, 0.15) is 0 Å². The summed E-state index contributed by atoms with van der Waals surface area (Å²) in [6.45, 7) is 0. The number of fused-ring (bicyclic) bond motifs is 1. The van der Waals surface area contributed by atoms with E-state index in [9.17, 15) is 0 Å². The molecule has 1 aliphatic rings. The molecule has 2 aromatic rings. The molecule has 0 bridgehead atoms. The zero-order valence-corrected chi connectivity index (χ0v) is 11.7. The van der Waals surface area contributed by atoms with Crippen LogP contribution in [0.25, 0.3) is 0 Å². The van der Waals surface area contributed by atoms with E-state index in [1.54, 1.807) is 0 Å². The van der Waals surface area contributed by atoms with Crippen LogP contribution in [0.4, 0.5) is 0 Å². The zero-order chi connectivity index (χ0) is 13.3. The fourth-order valence-electron chi connectivity index (χ4n) is 1.76. The van der Waals surface area contributed by atoms with Crippen LogP contribution in [0.2, 0.25) is 0 Å². The van der Waals surface area contributed by atoms with Gasteiger partial charge < -0.3 is 0 Å². The average molecular weight is 276 g/mol. The van der Waals surface area contributed by atoms with Gasteiger partial charge in [0.15, 0.2) is 5.75 Å². The molecule has 1 aliphatic heterocycles. The molecule has 5 heteroatoms. The van der Waals surface area contributed by atoms with Gasteiger partial charge in [-0.3, -0.25) is 13.6 Å². The van der Waals surface area contributed by atoms with E-state index in [-0.39, 0.29) is 0 Å². The van der Waals surface area contributed by atoms with Gasteiger partial charge in [0.05, 0.1) is 0 Å². The minimum atomic E-state index is -2.59. The second-order valence-corrected chi connectivity index (χ2v) is 6.63. The monoisotopic (exact) mass is 276 g/mol. The normalized spacial score (nSPS) is 15.5. The van der Waals surface area contributed by atoms with Crippen molar-refractivity contribution in [2.45, 2.75) is 0 Å². The first kappa shape index (κ1) is 12.3. The second-order valence-electron chi connectivity index (χ2n) is 4.35. The minimum absolute atomic E-state index is 0.723. The molecular formula is C14H15NO3P+. The molecule has 3 rings (SSSR count). The van der Waals surface area contributed by atoms with E-state index >= 15 is 0 Å². The highest BCUT2D eigenvalue weighted by Crippen LogP contribution is 2.68. The van der Waals surface area contributed by atoms with Gasteiger partial charge in [0.25, 0.3) is 0 Å². The van der Waals surface area contributed by atoms with Crippen molar-refractivity contribution in [1.29, 1.82) is 0 Å².